The molecule has 9 fully saturated rings. The van der Waals surface area contributed by atoms with Crippen molar-refractivity contribution < 1.29 is 61.7 Å². The third kappa shape index (κ3) is 7.42. The molecular formula is C47H64O13. The Hall–Kier alpha value is -2.04. The van der Waals surface area contributed by atoms with Gasteiger partial charge in [0, 0.05) is 51.0 Å². The highest BCUT2D eigenvalue weighted by atomic mass is 16.6. The van der Waals surface area contributed by atoms with Gasteiger partial charge in [-0.05, 0) is 68.9 Å². The molecule has 330 valence electrons. The van der Waals surface area contributed by atoms with Gasteiger partial charge in [0.15, 0.2) is 0 Å². The van der Waals surface area contributed by atoms with Gasteiger partial charge in [-0.15, -0.1) is 0 Å². The predicted octanol–water partition coefficient (Wildman–Crippen LogP) is 5.19. The number of esters is 1. The number of hydrogen-bond acceptors (Lipinski definition) is 13. The van der Waals surface area contributed by atoms with Crippen LogP contribution in [0.3, 0.4) is 0 Å². The van der Waals surface area contributed by atoms with Crippen LogP contribution in [-0.2, 0) is 61.7 Å². The lowest BCUT2D eigenvalue weighted by Crippen LogP contribution is -2.64. The second-order valence-corrected chi connectivity index (χ2v) is 20.5. The minimum Gasteiger partial charge on any atom is -0.456 e. The monoisotopic (exact) mass is 836 g/mol. The summed E-state index contributed by atoms with van der Waals surface area (Å²) >= 11 is 0. The van der Waals surface area contributed by atoms with Gasteiger partial charge in [-0.3, -0.25) is 4.79 Å². The van der Waals surface area contributed by atoms with E-state index >= 15 is 0 Å². The highest BCUT2D eigenvalue weighted by Gasteiger charge is 2.57. The van der Waals surface area contributed by atoms with Crippen molar-refractivity contribution in [2.24, 2.45) is 11.8 Å². The third-order valence-electron chi connectivity index (χ3n) is 16.1. The Morgan fingerprint density at radius 3 is 2.10 bits per heavy atom. The van der Waals surface area contributed by atoms with Crippen molar-refractivity contribution >= 4 is 12.3 Å². The smallest absolute Gasteiger partial charge is 0.331 e. The Kier molecular flexibility index (Phi) is 10.8. The van der Waals surface area contributed by atoms with Crippen LogP contribution in [0, 0.1) is 11.8 Å². The lowest BCUT2D eigenvalue weighted by molar-refractivity contribution is -0.312. The molecule has 23 atom stereocenters. The molecule has 11 heterocycles. The maximum absolute atomic E-state index is 12.1. The van der Waals surface area contributed by atoms with E-state index in [0.717, 1.165) is 69.6 Å². The molecule has 0 N–H and O–H groups in total. The molecule has 13 heteroatoms. The lowest BCUT2D eigenvalue weighted by Gasteiger charge is -2.55. The maximum atomic E-state index is 12.1. The standard InChI is InChI=1S/C47H64O13/c1-22(21-48)11-26-12-23(2)45-40(50-26)18-34-36(58-45)15-31-27(51-34)7-6-10-47(5)42(55-31)20-38-39(60-47)17-32-28(52-38)8-9-29-44(57-32)24(3)13-30-33(53-29)16-37-35(54-30)19-41-46(59-37)25(4)14-43(49)56-41/h6-7,14,21,23-24,26-42,44-46H,1,8-13,15-20H2,2-5H3/b7-6-/t23?,24-,26?,27?,28?,29?,30?,31?,32?,33?,34?,35?,36?,37?,38?,39?,40?,41?,42?,44?,45?,46?,47?/m1/s1. The molecule has 11 aliphatic rings. The fourth-order valence-corrected chi connectivity index (χ4v) is 13.1. The molecule has 13 nitrogen and oxygen atoms in total. The van der Waals surface area contributed by atoms with Crippen molar-refractivity contribution in [3.05, 3.63) is 36.0 Å². The summed E-state index contributed by atoms with van der Waals surface area (Å²) in [6.07, 6.45) is 13.6. The minimum atomic E-state index is -0.525. The SMILES string of the molecule is C=C(C=O)CC1CC(C)C2OC3CC4OC5CC6OC7CCC8OC9CC%10OC%11C(C)=CC(=O)OC%11CC%10OC9C[C@@H](C)C8OC7CC6OC5(C)C/C=C\C4OC3CC2O1. The Bertz CT molecular complexity index is 1730. The van der Waals surface area contributed by atoms with Crippen molar-refractivity contribution in [3.8, 4) is 0 Å². The normalized spacial score (nSPS) is 54.9. The first kappa shape index (κ1) is 40.7. The number of aldehydes is 1. The molecule has 9 saturated heterocycles. The van der Waals surface area contributed by atoms with Gasteiger partial charge in [0.05, 0.1) is 109 Å². The molecule has 0 spiro atoms. The summed E-state index contributed by atoms with van der Waals surface area (Å²) in [6, 6.07) is 0. The van der Waals surface area contributed by atoms with Crippen LogP contribution in [0.5, 0.6) is 0 Å². The van der Waals surface area contributed by atoms with E-state index < -0.39 is 5.60 Å². The predicted molar refractivity (Wildman–Crippen MR) is 213 cm³/mol. The van der Waals surface area contributed by atoms with Crippen LogP contribution < -0.4 is 0 Å². The molecule has 0 amide bonds. The molecule has 0 aromatic heterocycles. The van der Waals surface area contributed by atoms with Crippen LogP contribution in [0.2, 0.25) is 0 Å². The van der Waals surface area contributed by atoms with Crippen LogP contribution in [0.1, 0.15) is 105 Å². The highest BCUT2D eigenvalue weighted by Crippen LogP contribution is 2.49. The van der Waals surface area contributed by atoms with Crippen molar-refractivity contribution in [1.82, 2.24) is 0 Å². The van der Waals surface area contributed by atoms with E-state index in [0.29, 0.717) is 30.8 Å². The first-order chi connectivity index (χ1) is 29.0. The molecule has 0 aromatic carbocycles. The Morgan fingerprint density at radius 2 is 1.27 bits per heavy atom. The zero-order chi connectivity index (χ0) is 41.0. The van der Waals surface area contributed by atoms with Gasteiger partial charge in [-0.2, -0.15) is 0 Å². The van der Waals surface area contributed by atoms with Crippen LogP contribution in [0.4, 0.5) is 0 Å². The number of fused-ring (bicyclic) bond motifs is 10. The van der Waals surface area contributed by atoms with E-state index in [1.807, 2.05) is 6.92 Å². The molecule has 0 aromatic rings. The Balaban J connectivity index is 0.738. The average molecular weight is 837 g/mol. The van der Waals surface area contributed by atoms with Gasteiger partial charge < -0.3 is 52.1 Å². The summed E-state index contributed by atoms with van der Waals surface area (Å²) in [5, 5.41) is 0. The van der Waals surface area contributed by atoms with E-state index in [2.05, 4.69) is 39.5 Å². The summed E-state index contributed by atoms with van der Waals surface area (Å²) < 4.78 is 74.4. The zero-order valence-electron chi connectivity index (χ0n) is 35.5. The number of carbonyl (C=O) groups is 2. The largest absolute Gasteiger partial charge is 0.456 e. The maximum Gasteiger partial charge on any atom is 0.331 e. The fourth-order valence-electron chi connectivity index (χ4n) is 13.1. The summed E-state index contributed by atoms with van der Waals surface area (Å²) in [7, 11) is 0. The Morgan fingerprint density at radius 1 is 0.667 bits per heavy atom. The van der Waals surface area contributed by atoms with E-state index in [1.54, 1.807) is 6.08 Å². The quantitative estimate of drug-likeness (QED) is 0.160. The summed E-state index contributed by atoms with van der Waals surface area (Å²) in [5.41, 5.74) is 0.961. The van der Waals surface area contributed by atoms with Gasteiger partial charge in [-0.1, -0.05) is 32.6 Å². The first-order valence-electron chi connectivity index (χ1n) is 23.2. The van der Waals surface area contributed by atoms with Crippen LogP contribution in [0.25, 0.3) is 0 Å². The van der Waals surface area contributed by atoms with E-state index in [4.69, 9.17) is 52.1 Å². The molecule has 0 saturated carbocycles. The summed E-state index contributed by atoms with van der Waals surface area (Å²) in [6.45, 7) is 12.5. The van der Waals surface area contributed by atoms with Crippen LogP contribution in [0.15, 0.2) is 36.0 Å². The molecule has 0 aliphatic carbocycles. The molecule has 60 heavy (non-hydrogen) atoms. The number of rotatable bonds is 3. The molecule has 0 bridgehead atoms. The van der Waals surface area contributed by atoms with Gasteiger partial charge in [0.2, 0.25) is 0 Å². The topological polar surface area (TPSA) is 136 Å². The van der Waals surface area contributed by atoms with Crippen LogP contribution in [-0.4, -0.2) is 140 Å². The highest BCUT2D eigenvalue weighted by molar-refractivity contribution is 5.84. The van der Waals surface area contributed by atoms with Gasteiger partial charge in [-0.25, -0.2) is 4.79 Å². The first-order valence-corrected chi connectivity index (χ1v) is 23.2. The van der Waals surface area contributed by atoms with E-state index in [-0.39, 0.29) is 134 Å². The van der Waals surface area contributed by atoms with Crippen molar-refractivity contribution in [1.29, 1.82) is 0 Å². The molecule has 22 unspecified atom stereocenters. The van der Waals surface area contributed by atoms with Crippen molar-refractivity contribution in [2.45, 2.75) is 232 Å². The summed E-state index contributed by atoms with van der Waals surface area (Å²) in [5.74, 6) is 0.220. The second kappa shape index (κ2) is 15.9. The average Bonchev–Trinajstić information content (AvgIpc) is 3.45. The molecular weight excluding hydrogens is 773 g/mol. The Labute approximate surface area is 353 Å². The minimum absolute atomic E-state index is 0.0149. The van der Waals surface area contributed by atoms with Crippen LogP contribution >= 0.6 is 0 Å². The summed E-state index contributed by atoms with van der Waals surface area (Å²) in [4.78, 5) is 23.4. The van der Waals surface area contributed by atoms with Crippen molar-refractivity contribution in [3.63, 3.8) is 0 Å². The molecule has 11 aliphatic heterocycles. The van der Waals surface area contributed by atoms with Gasteiger partial charge in [0.25, 0.3) is 0 Å². The van der Waals surface area contributed by atoms with E-state index in [9.17, 15) is 9.59 Å². The third-order valence-corrected chi connectivity index (χ3v) is 16.1. The van der Waals surface area contributed by atoms with Crippen molar-refractivity contribution in [2.75, 3.05) is 0 Å². The van der Waals surface area contributed by atoms with E-state index in [1.165, 1.54) is 0 Å². The fraction of sp³-hybridized carbons (Fsp3) is 0.830. The molecule has 0 radical (unpaired) electrons. The lowest BCUT2D eigenvalue weighted by atomic mass is 9.80. The second-order valence-electron chi connectivity index (χ2n) is 20.5. The molecule has 11 rings (SSSR count). The number of hydrogen-bond donors (Lipinski definition) is 0. The zero-order valence-corrected chi connectivity index (χ0v) is 35.5. The van der Waals surface area contributed by atoms with Gasteiger partial charge in [0.1, 0.15) is 24.6 Å². The number of ether oxygens (including phenoxy) is 11. The van der Waals surface area contributed by atoms with Gasteiger partial charge >= 0.3 is 5.97 Å². The number of carbonyl (C=O) groups excluding carboxylic acids is 2.